The number of nitrogens with two attached hydrogens (primary N) is 1. The number of carbonyl (C=O) groups excluding carboxylic acids is 2. The van der Waals surface area contributed by atoms with Gasteiger partial charge >= 0.3 is 5.97 Å². The molecule has 0 rings (SSSR count). The Morgan fingerprint density at radius 3 is 2.50 bits per heavy atom. The summed E-state index contributed by atoms with van der Waals surface area (Å²) in [5.74, 6) is -0.982. The molecule has 1 unspecified atom stereocenters. The van der Waals surface area contributed by atoms with Crippen LogP contribution in [0.4, 0.5) is 0 Å². The third-order valence-electron chi connectivity index (χ3n) is 2.10. The normalized spacial score (nSPS) is 13.2. The minimum Gasteiger partial charge on any atom is -0.466 e. The Bertz CT molecular complexity index is 253. The van der Waals surface area contributed by atoms with E-state index in [1.54, 1.807) is 20.8 Å². The summed E-state index contributed by atoms with van der Waals surface area (Å²) in [5, 5.41) is 12.2. The van der Waals surface area contributed by atoms with Crippen molar-refractivity contribution in [2.75, 3.05) is 13.2 Å². The highest BCUT2D eigenvalue weighted by atomic mass is 16.5. The van der Waals surface area contributed by atoms with Crippen LogP contribution in [0.25, 0.3) is 0 Å². The molecule has 0 spiro atoms. The van der Waals surface area contributed by atoms with Gasteiger partial charge in [-0.1, -0.05) is 0 Å². The van der Waals surface area contributed by atoms with Crippen molar-refractivity contribution in [1.29, 1.82) is 0 Å². The van der Waals surface area contributed by atoms with Gasteiger partial charge in [-0.05, 0) is 20.8 Å². The molecule has 4 N–H and O–H groups in total. The predicted molar refractivity (Wildman–Crippen MR) is 58.5 cm³/mol. The molecule has 0 aliphatic rings. The molecule has 0 bridgehead atoms. The number of nitrogens with one attached hydrogen (secondary N) is 1. The number of hydrogen-bond donors (Lipinski definition) is 3. The maximum absolute atomic E-state index is 11.0. The van der Waals surface area contributed by atoms with E-state index >= 15 is 0 Å². The van der Waals surface area contributed by atoms with Crippen molar-refractivity contribution in [2.24, 2.45) is 5.73 Å². The van der Waals surface area contributed by atoms with Gasteiger partial charge in [0.05, 0.1) is 24.7 Å². The zero-order chi connectivity index (χ0) is 12.8. The molecule has 1 atom stereocenters. The van der Waals surface area contributed by atoms with E-state index < -0.39 is 23.5 Å². The highest BCUT2D eigenvalue weighted by Gasteiger charge is 2.25. The van der Waals surface area contributed by atoms with Gasteiger partial charge in [-0.15, -0.1) is 0 Å². The average molecular weight is 232 g/mol. The second kappa shape index (κ2) is 6.44. The fourth-order valence-corrected chi connectivity index (χ4v) is 0.945. The lowest BCUT2D eigenvalue weighted by Crippen LogP contribution is -2.52. The van der Waals surface area contributed by atoms with Crippen LogP contribution in [-0.4, -0.2) is 41.8 Å². The Hall–Kier alpha value is -1.14. The number of β-amino-alcohol motifs (C(OH)–C–C–N with tert-alkyl or cyclic N) is 1. The molecule has 0 aromatic rings. The predicted octanol–water partition coefficient (Wildman–Crippen LogP) is -0.846. The van der Waals surface area contributed by atoms with E-state index in [4.69, 9.17) is 5.73 Å². The van der Waals surface area contributed by atoms with Crippen LogP contribution in [-0.2, 0) is 14.3 Å². The van der Waals surface area contributed by atoms with Gasteiger partial charge in [-0.25, -0.2) is 0 Å². The summed E-state index contributed by atoms with van der Waals surface area (Å²) in [6.45, 7) is 5.29. The van der Waals surface area contributed by atoms with Gasteiger partial charge in [0.1, 0.15) is 0 Å². The number of rotatable bonds is 7. The van der Waals surface area contributed by atoms with E-state index in [9.17, 15) is 14.7 Å². The summed E-state index contributed by atoms with van der Waals surface area (Å²) in [5.41, 5.74) is 4.22. The molecule has 0 radical (unpaired) electrons. The standard InChI is InChI=1S/C10H20N2O4/c1-4-16-8(14)5-7(13)6-12-10(2,3)9(11)15/h7,12-13H,4-6H2,1-3H3,(H2,11,15). The maximum Gasteiger partial charge on any atom is 0.308 e. The number of amides is 1. The highest BCUT2D eigenvalue weighted by Crippen LogP contribution is 2.01. The molecule has 6 nitrogen and oxygen atoms in total. The summed E-state index contributed by atoms with van der Waals surface area (Å²) in [7, 11) is 0. The Morgan fingerprint density at radius 1 is 1.50 bits per heavy atom. The quantitative estimate of drug-likeness (QED) is 0.496. The monoisotopic (exact) mass is 232 g/mol. The van der Waals surface area contributed by atoms with E-state index in [2.05, 4.69) is 10.1 Å². The minimum absolute atomic E-state index is 0.102. The first-order chi connectivity index (χ1) is 7.29. The van der Waals surface area contributed by atoms with Crippen LogP contribution in [0.3, 0.4) is 0 Å². The molecule has 94 valence electrons. The first-order valence-corrected chi connectivity index (χ1v) is 5.18. The van der Waals surface area contributed by atoms with Crippen LogP contribution < -0.4 is 11.1 Å². The fourth-order valence-electron chi connectivity index (χ4n) is 0.945. The van der Waals surface area contributed by atoms with Crippen molar-refractivity contribution in [3.05, 3.63) is 0 Å². The second-order valence-electron chi connectivity index (χ2n) is 4.03. The summed E-state index contributed by atoms with van der Waals surface area (Å²) < 4.78 is 4.67. The summed E-state index contributed by atoms with van der Waals surface area (Å²) in [6, 6.07) is 0. The molecule has 16 heavy (non-hydrogen) atoms. The number of hydrogen-bond acceptors (Lipinski definition) is 5. The number of aliphatic hydroxyl groups excluding tert-OH is 1. The molecule has 0 aliphatic carbocycles. The van der Waals surface area contributed by atoms with Crippen LogP contribution in [0.15, 0.2) is 0 Å². The Morgan fingerprint density at radius 2 is 2.06 bits per heavy atom. The van der Waals surface area contributed by atoms with E-state index in [-0.39, 0.29) is 19.6 Å². The summed E-state index contributed by atoms with van der Waals surface area (Å²) >= 11 is 0. The van der Waals surface area contributed by atoms with E-state index in [0.717, 1.165) is 0 Å². The molecule has 0 aromatic heterocycles. The lowest BCUT2D eigenvalue weighted by Gasteiger charge is -2.23. The highest BCUT2D eigenvalue weighted by molar-refractivity contribution is 5.83. The van der Waals surface area contributed by atoms with Crippen molar-refractivity contribution in [1.82, 2.24) is 5.32 Å². The third kappa shape index (κ3) is 5.67. The molecular weight excluding hydrogens is 212 g/mol. The molecule has 0 heterocycles. The van der Waals surface area contributed by atoms with Gasteiger partial charge < -0.3 is 20.9 Å². The molecule has 1 amide bonds. The average Bonchev–Trinajstić information content (AvgIpc) is 2.15. The third-order valence-corrected chi connectivity index (χ3v) is 2.10. The van der Waals surface area contributed by atoms with Crippen molar-refractivity contribution in [3.8, 4) is 0 Å². The molecule has 0 aromatic carbocycles. The molecule has 6 heteroatoms. The molecule has 0 fully saturated rings. The van der Waals surface area contributed by atoms with E-state index in [1.165, 1.54) is 0 Å². The van der Waals surface area contributed by atoms with Gasteiger partial charge in [0, 0.05) is 6.54 Å². The van der Waals surface area contributed by atoms with Gasteiger partial charge in [0.15, 0.2) is 0 Å². The largest absolute Gasteiger partial charge is 0.466 e. The Labute approximate surface area is 95.1 Å². The van der Waals surface area contributed by atoms with E-state index in [0.29, 0.717) is 0 Å². The Balaban J connectivity index is 3.94. The molecule has 0 saturated heterocycles. The molecule has 0 aliphatic heterocycles. The van der Waals surface area contributed by atoms with Crippen LogP contribution >= 0.6 is 0 Å². The van der Waals surface area contributed by atoms with Crippen molar-refractivity contribution < 1.29 is 19.4 Å². The fraction of sp³-hybridized carbons (Fsp3) is 0.800. The van der Waals surface area contributed by atoms with Crippen LogP contribution in [0, 0.1) is 0 Å². The van der Waals surface area contributed by atoms with E-state index in [1.807, 2.05) is 0 Å². The number of primary amides is 1. The SMILES string of the molecule is CCOC(=O)CC(O)CNC(C)(C)C(N)=O. The molecule has 0 saturated carbocycles. The van der Waals surface area contributed by atoms with Gasteiger partial charge in [-0.2, -0.15) is 0 Å². The topological polar surface area (TPSA) is 102 Å². The van der Waals surface area contributed by atoms with Crippen molar-refractivity contribution in [3.63, 3.8) is 0 Å². The first-order valence-electron chi connectivity index (χ1n) is 5.18. The smallest absolute Gasteiger partial charge is 0.308 e. The number of aliphatic hydroxyl groups is 1. The number of ether oxygens (including phenoxy) is 1. The summed E-state index contributed by atoms with van der Waals surface area (Å²) in [4.78, 5) is 22.0. The molecular formula is C10H20N2O4. The Kier molecular flexibility index (Phi) is 5.98. The van der Waals surface area contributed by atoms with Crippen LogP contribution in [0.2, 0.25) is 0 Å². The minimum atomic E-state index is -0.907. The lowest BCUT2D eigenvalue weighted by molar-refractivity contribution is -0.145. The number of carbonyl (C=O) groups is 2. The van der Waals surface area contributed by atoms with Crippen LogP contribution in [0.1, 0.15) is 27.2 Å². The summed E-state index contributed by atoms with van der Waals surface area (Å²) in [6.07, 6.45) is -0.993. The van der Waals surface area contributed by atoms with Crippen molar-refractivity contribution in [2.45, 2.75) is 38.8 Å². The van der Waals surface area contributed by atoms with Crippen molar-refractivity contribution >= 4 is 11.9 Å². The number of esters is 1. The van der Waals surface area contributed by atoms with Gasteiger partial charge in [0.25, 0.3) is 0 Å². The first kappa shape index (κ1) is 14.9. The maximum atomic E-state index is 11.0. The zero-order valence-corrected chi connectivity index (χ0v) is 9.95. The van der Waals surface area contributed by atoms with Gasteiger partial charge in [-0.3, -0.25) is 9.59 Å². The lowest BCUT2D eigenvalue weighted by atomic mass is 10.0. The second-order valence-corrected chi connectivity index (χ2v) is 4.03. The van der Waals surface area contributed by atoms with Crippen LogP contribution in [0.5, 0.6) is 0 Å². The zero-order valence-electron chi connectivity index (χ0n) is 9.95. The van der Waals surface area contributed by atoms with Gasteiger partial charge in [0.2, 0.25) is 5.91 Å².